The van der Waals surface area contributed by atoms with Crippen LogP contribution in [0.4, 0.5) is 0 Å². The Labute approximate surface area is 350 Å². The number of hydrogen-bond donors (Lipinski definition) is 2. The molecule has 0 aliphatic heterocycles. The van der Waals surface area contributed by atoms with E-state index in [0.29, 0.717) is 0 Å². The van der Waals surface area contributed by atoms with Gasteiger partial charge in [-0.1, -0.05) is 0 Å². The third kappa shape index (κ3) is 5.31. The van der Waals surface area contributed by atoms with Gasteiger partial charge in [-0.15, -0.1) is 0 Å². The summed E-state index contributed by atoms with van der Waals surface area (Å²) in [4.78, 5) is 0. The summed E-state index contributed by atoms with van der Waals surface area (Å²) in [6, 6.07) is 66.2. The van der Waals surface area contributed by atoms with Crippen molar-refractivity contribution in [2.45, 2.75) is 62.2 Å². The molecule has 0 radical (unpaired) electrons. The molecule has 7 aromatic carbocycles. The number of aliphatic hydroxyl groups is 2. The zero-order chi connectivity index (χ0) is 40.1. The summed E-state index contributed by atoms with van der Waals surface area (Å²) in [6.45, 7) is 9.15. The SMILES string of the molecule is CCC1Cc2c(C)c3c(c(C)c2[C]1(O)[Ge]([c]1ccccc1)([c]1ccccc1)[c]1ccccc1)CC(CC)[C]3(O)[Ge]([c]1ccccc1)([c]1ccccc1)[c]1ccccc1. The summed E-state index contributed by atoms with van der Waals surface area (Å²) in [5.41, 5.74) is 7.17. The Bertz CT molecular complexity index is 2150. The molecule has 4 unspecified atom stereocenters. The first-order valence-electron chi connectivity index (χ1n) is 21.2. The van der Waals surface area contributed by atoms with E-state index in [0.717, 1.165) is 36.8 Å². The van der Waals surface area contributed by atoms with E-state index in [2.05, 4.69) is 210 Å². The van der Waals surface area contributed by atoms with Crippen LogP contribution in [0.2, 0.25) is 0 Å². The molecule has 0 heterocycles. The van der Waals surface area contributed by atoms with Gasteiger partial charge in [-0.2, -0.15) is 0 Å². The molecular formula is C54H54Ge2O2. The van der Waals surface area contributed by atoms with Crippen molar-refractivity contribution in [1.29, 1.82) is 0 Å². The molecule has 0 bridgehead atoms. The molecule has 2 N–H and O–H groups in total. The van der Waals surface area contributed by atoms with Gasteiger partial charge in [0.25, 0.3) is 0 Å². The van der Waals surface area contributed by atoms with E-state index < -0.39 is 35.4 Å². The maximum atomic E-state index is 14.7. The molecule has 2 aliphatic carbocycles. The molecule has 0 aromatic heterocycles. The predicted molar refractivity (Wildman–Crippen MR) is 247 cm³/mol. The van der Waals surface area contributed by atoms with Crippen LogP contribution < -0.4 is 26.4 Å². The molecule has 0 saturated carbocycles. The molecule has 58 heavy (non-hydrogen) atoms. The van der Waals surface area contributed by atoms with Gasteiger partial charge in [0.1, 0.15) is 0 Å². The molecule has 7 aromatic rings. The summed E-state index contributed by atoms with van der Waals surface area (Å²) >= 11 is -8.23. The van der Waals surface area contributed by atoms with Gasteiger partial charge in [-0.25, -0.2) is 0 Å². The second-order valence-corrected chi connectivity index (χ2v) is 33.6. The number of rotatable bonds is 10. The maximum absolute atomic E-state index is 14.7. The van der Waals surface area contributed by atoms with Crippen LogP contribution in [0.15, 0.2) is 182 Å². The molecule has 0 fully saturated rings. The van der Waals surface area contributed by atoms with Gasteiger partial charge in [0, 0.05) is 0 Å². The van der Waals surface area contributed by atoms with Crippen molar-refractivity contribution >= 4 is 52.9 Å². The fraction of sp³-hybridized carbons (Fsp3) is 0.222. The Kier molecular flexibility index (Phi) is 10.3. The average Bonchev–Trinajstić information content (AvgIpc) is 3.77. The van der Waals surface area contributed by atoms with E-state index >= 15 is 0 Å². The van der Waals surface area contributed by atoms with Crippen LogP contribution in [0.1, 0.15) is 60.1 Å². The fourth-order valence-corrected chi connectivity index (χ4v) is 37.5. The molecule has 2 aliphatic rings. The van der Waals surface area contributed by atoms with Gasteiger partial charge in [0.2, 0.25) is 0 Å². The van der Waals surface area contributed by atoms with E-state index in [4.69, 9.17) is 0 Å². The first-order valence-corrected chi connectivity index (χ1v) is 29.6. The molecule has 4 atom stereocenters. The summed E-state index contributed by atoms with van der Waals surface area (Å²) < 4.78 is 5.33. The quantitative estimate of drug-likeness (QED) is 0.142. The minimum atomic E-state index is -4.12. The van der Waals surface area contributed by atoms with E-state index in [1.165, 1.54) is 48.6 Å². The van der Waals surface area contributed by atoms with Gasteiger partial charge < -0.3 is 0 Å². The minimum absolute atomic E-state index is 0.0123. The number of benzene rings is 7. The predicted octanol–water partition coefficient (Wildman–Crippen LogP) is 7.26. The third-order valence-corrected chi connectivity index (χ3v) is 37.1. The Hall–Kier alpha value is -4.45. The molecule has 0 amide bonds. The second-order valence-electron chi connectivity index (χ2n) is 16.8. The summed E-state index contributed by atoms with van der Waals surface area (Å²) in [6.07, 6.45) is 3.24. The number of hydrogen-bond acceptors (Lipinski definition) is 2. The standard InChI is InChI=1S/C54H54Ge2O2/c1-5-41-37-49-39(3)52-50(38-42(6-2)54(52,58)56(46-31-19-10-20-32-46,47-33-21-11-22-34-47)48-35-23-12-24-36-48)40(4)51(49)53(41,57)55(43-25-13-7-14-26-43,44-27-15-8-16-28-44)45-29-17-9-18-30-45/h7-36,41-42,57-58H,5-6,37-38H2,1-4H3. The van der Waals surface area contributed by atoms with Crippen LogP contribution in [-0.4, -0.2) is 36.7 Å². The molecule has 2 nitrogen and oxygen atoms in total. The van der Waals surface area contributed by atoms with Crippen LogP contribution in [0, 0.1) is 25.7 Å². The molecule has 0 saturated heterocycles. The van der Waals surface area contributed by atoms with Crippen molar-refractivity contribution in [1.82, 2.24) is 0 Å². The topological polar surface area (TPSA) is 40.5 Å². The average molecular weight is 880 g/mol. The van der Waals surface area contributed by atoms with Gasteiger partial charge >= 0.3 is 353 Å². The molecular weight excluding hydrogens is 826 g/mol. The van der Waals surface area contributed by atoms with E-state index in [-0.39, 0.29) is 11.8 Å². The van der Waals surface area contributed by atoms with E-state index in [1.54, 1.807) is 0 Å². The van der Waals surface area contributed by atoms with Crippen LogP contribution in [0.25, 0.3) is 0 Å². The summed E-state index contributed by atoms with van der Waals surface area (Å²) in [5.74, 6) is -0.0245. The normalized spacial score (nSPS) is 21.4. The fourth-order valence-electron chi connectivity index (χ4n) is 12.2. The van der Waals surface area contributed by atoms with Gasteiger partial charge in [-0.05, 0) is 0 Å². The van der Waals surface area contributed by atoms with Gasteiger partial charge in [-0.3, -0.25) is 0 Å². The van der Waals surface area contributed by atoms with Gasteiger partial charge in [0.15, 0.2) is 0 Å². The molecule has 4 heteroatoms. The van der Waals surface area contributed by atoms with Crippen LogP contribution in [0.5, 0.6) is 0 Å². The monoisotopic (exact) mass is 882 g/mol. The Morgan fingerprint density at radius 3 is 0.793 bits per heavy atom. The molecule has 0 spiro atoms. The van der Waals surface area contributed by atoms with E-state index in [9.17, 15) is 10.2 Å². The Morgan fingerprint density at radius 1 is 0.397 bits per heavy atom. The zero-order valence-electron chi connectivity index (χ0n) is 34.2. The van der Waals surface area contributed by atoms with Crippen molar-refractivity contribution in [2.24, 2.45) is 11.8 Å². The summed E-state index contributed by atoms with van der Waals surface area (Å²) in [7, 11) is 0. The van der Waals surface area contributed by atoms with Crippen molar-refractivity contribution in [3.8, 4) is 0 Å². The van der Waals surface area contributed by atoms with Crippen molar-refractivity contribution in [3.05, 3.63) is 215 Å². The second kappa shape index (κ2) is 15.3. The first kappa shape index (κ1) is 39.0. The Morgan fingerprint density at radius 2 is 0.603 bits per heavy atom. The molecule has 290 valence electrons. The summed E-state index contributed by atoms with van der Waals surface area (Å²) in [5, 5.41) is 29.4. The van der Waals surface area contributed by atoms with Gasteiger partial charge in [0.05, 0.1) is 0 Å². The number of fused-ring (bicyclic) bond motifs is 2. The van der Waals surface area contributed by atoms with Crippen LogP contribution >= 0.6 is 0 Å². The molecule has 9 rings (SSSR count). The van der Waals surface area contributed by atoms with Crippen molar-refractivity contribution in [3.63, 3.8) is 0 Å². The van der Waals surface area contributed by atoms with Crippen LogP contribution in [0.3, 0.4) is 0 Å². The Balaban J connectivity index is 1.42. The zero-order valence-corrected chi connectivity index (χ0v) is 38.4. The third-order valence-electron chi connectivity index (χ3n) is 14.5. The van der Waals surface area contributed by atoms with E-state index in [1.807, 2.05) is 0 Å². The van der Waals surface area contributed by atoms with Crippen LogP contribution in [-0.2, 0) is 21.7 Å². The van der Waals surface area contributed by atoms with Crippen molar-refractivity contribution in [2.75, 3.05) is 0 Å². The first-order chi connectivity index (χ1) is 28.3. The van der Waals surface area contributed by atoms with Crippen molar-refractivity contribution < 1.29 is 10.2 Å².